The fourth-order valence-electron chi connectivity index (χ4n) is 4.24. The lowest BCUT2D eigenvalue weighted by molar-refractivity contribution is -0.124. The molecule has 6 heteroatoms. The van der Waals surface area contributed by atoms with Crippen LogP contribution in [0, 0.1) is 5.92 Å². The summed E-state index contributed by atoms with van der Waals surface area (Å²) in [6.07, 6.45) is 9.32. The van der Waals surface area contributed by atoms with Gasteiger partial charge in [0.2, 0.25) is 5.91 Å². The zero-order chi connectivity index (χ0) is 20.1. The van der Waals surface area contributed by atoms with Crippen LogP contribution in [-0.4, -0.2) is 26.1 Å². The fraction of sp³-hybridized carbons (Fsp3) is 0.391. The summed E-state index contributed by atoms with van der Waals surface area (Å²) < 4.78 is 0. The zero-order valence-electron chi connectivity index (χ0n) is 16.7. The summed E-state index contributed by atoms with van der Waals surface area (Å²) >= 11 is 0. The summed E-state index contributed by atoms with van der Waals surface area (Å²) in [7, 11) is 0. The van der Waals surface area contributed by atoms with Crippen molar-refractivity contribution in [2.75, 3.05) is 0 Å². The van der Waals surface area contributed by atoms with Gasteiger partial charge in [-0.15, -0.1) is 0 Å². The van der Waals surface area contributed by atoms with Crippen LogP contribution in [0.2, 0.25) is 0 Å². The smallest absolute Gasteiger partial charge is 0.228 e. The molecule has 0 aliphatic heterocycles. The Kier molecular flexibility index (Phi) is 5.98. The Hall–Kier alpha value is -3.02. The summed E-state index contributed by atoms with van der Waals surface area (Å²) in [6, 6.07) is 13.6. The third kappa shape index (κ3) is 4.53. The van der Waals surface area contributed by atoms with Crippen molar-refractivity contribution in [1.82, 2.24) is 25.5 Å². The number of amides is 1. The third-order valence-electron chi connectivity index (χ3n) is 5.77. The van der Waals surface area contributed by atoms with E-state index in [-0.39, 0.29) is 17.9 Å². The van der Waals surface area contributed by atoms with E-state index in [1.54, 1.807) is 12.4 Å². The maximum absolute atomic E-state index is 13.3. The number of hydrogen-bond acceptors (Lipinski definition) is 4. The minimum absolute atomic E-state index is 0.0671. The molecular formula is C23H27N5O. The molecule has 0 radical (unpaired) electrons. The van der Waals surface area contributed by atoms with Crippen LogP contribution in [0.15, 0.2) is 54.9 Å². The van der Waals surface area contributed by atoms with Gasteiger partial charge in [-0.25, -0.2) is 4.98 Å². The van der Waals surface area contributed by atoms with Crippen LogP contribution >= 0.6 is 0 Å². The van der Waals surface area contributed by atoms with Crippen molar-refractivity contribution in [2.45, 2.75) is 51.0 Å². The van der Waals surface area contributed by atoms with Crippen molar-refractivity contribution in [1.29, 1.82) is 0 Å². The van der Waals surface area contributed by atoms with E-state index in [0.717, 1.165) is 24.0 Å². The number of carbonyl (C=O) groups excluding carboxylic acids is 1. The van der Waals surface area contributed by atoms with Gasteiger partial charge < -0.3 is 5.32 Å². The second-order valence-electron chi connectivity index (χ2n) is 7.80. The molecule has 0 bridgehead atoms. The van der Waals surface area contributed by atoms with Gasteiger partial charge in [-0.2, -0.15) is 5.10 Å². The summed E-state index contributed by atoms with van der Waals surface area (Å²) in [5.74, 6) is 1.59. The van der Waals surface area contributed by atoms with Crippen LogP contribution in [-0.2, 0) is 4.79 Å². The minimum Gasteiger partial charge on any atom is -0.346 e. The number of H-pyrrole nitrogens is 1. The van der Waals surface area contributed by atoms with Crippen LogP contribution in [0.3, 0.4) is 0 Å². The first-order valence-corrected chi connectivity index (χ1v) is 10.4. The molecule has 1 aromatic carbocycles. The van der Waals surface area contributed by atoms with E-state index >= 15 is 0 Å². The summed E-state index contributed by atoms with van der Waals surface area (Å²) in [5.41, 5.74) is 1.99. The topological polar surface area (TPSA) is 83.6 Å². The largest absolute Gasteiger partial charge is 0.346 e. The summed E-state index contributed by atoms with van der Waals surface area (Å²) in [6.45, 7) is 1.94. The third-order valence-corrected chi connectivity index (χ3v) is 5.77. The first-order chi connectivity index (χ1) is 14.2. The molecule has 1 aliphatic rings. The van der Waals surface area contributed by atoms with Crippen LogP contribution < -0.4 is 5.32 Å². The first kappa shape index (κ1) is 19.3. The number of nitrogens with one attached hydrogen (secondary N) is 2. The number of aromatic nitrogens is 4. The number of benzene rings is 1. The lowest BCUT2D eigenvalue weighted by atomic mass is 9.76. The van der Waals surface area contributed by atoms with Gasteiger partial charge in [0, 0.05) is 18.0 Å². The van der Waals surface area contributed by atoms with Gasteiger partial charge in [-0.3, -0.25) is 14.9 Å². The molecule has 6 nitrogen and oxygen atoms in total. The van der Waals surface area contributed by atoms with Crippen molar-refractivity contribution < 1.29 is 4.79 Å². The molecule has 2 heterocycles. The number of carbonyl (C=O) groups is 1. The quantitative estimate of drug-likeness (QED) is 0.654. The molecule has 3 aromatic rings. The Morgan fingerprint density at radius 2 is 1.79 bits per heavy atom. The minimum atomic E-state index is -0.250. The van der Waals surface area contributed by atoms with Crippen LogP contribution in [0.25, 0.3) is 11.4 Å². The highest BCUT2D eigenvalue weighted by Crippen LogP contribution is 2.36. The molecule has 1 aliphatic carbocycles. The molecular weight excluding hydrogens is 362 g/mol. The van der Waals surface area contributed by atoms with Crippen molar-refractivity contribution >= 4 is 5.91 Å². The number of rotatable bonds is 6. The molecule has 29 heavy (non-hydrogen) atoms. The molecule has 150 valence electrons. The van der Waals surface area contributed by atoms with Crippen LogP contribution in [0.5, 0.6) is 0 Å². The van der Waals surface area contributed by atoms with E-state index in [1.165, 1.54) is 19.3 Å². The van der Waals surface area contributed by atoms with Crippen LogP contribution in [0.1, 0.15) is 62.4 Å². The fourth-order valence-corrected chi connectivity index (χ4v) is 4.24. The van der Waals surface area contributed by atoms with E-state index in [0.29, 0.717) is 17.6 Å². The second-order valence-corrected chi connectivity index (χ2v) is 7.80. The number of aromatic amines is 1. The molecule has 0 unspecified atom stereocenters. The second kappa shape index (κ2) is 8.99. The highest BCUT2D eigenvalue weighted by molar-refractivity contribution is 5.84. The van der Waals surface area contributed by atoms with E-state index in [4.69, 9.17) is 0 Å². The SMILES string of the molecule is C[C@H](NC(=O)[C@H](c1ccccc1)C1CCCCC1)c1nc(-c2ccncc2)n[nH]1. The molecule has 2 atom stereocenters. The van der Waals surface area contributed by atoms with E-state index in [2.05, 4.69) is 37.6 Å². The molecule has 2 N–H and O–H groups in total. The Balaban J connectivity index is 1.50. The molecule has 0 saturated heterocycles. The van der Waals surface area contributed by atoms with E-state index in [9.17, 15) is 4.79 Å². The maximum Gasteiger partial charge on any atom is 0.228 e. The Labute approximate surface area is 171 Å². The lowest BCUT2D eigenvalue weighted by Crippen LogP contribution is -2.36. The number of hydrogen-bond donors (Lipinski definition) is 2. The van der Waals surface area contributed by atoms with Gasteiger partial charge in [0.05, 0.1) is 12.0 Å². The monoisotopic (exact) mass is 389 g/mol. The predicted molar refractivity (Wildman–Crippen MR) is 112 cm³/mol. The molecule has 1 fully saturated rings. The Bertz CT molecular complexity index is 919. The molecule has 1 amide bonds. The predicted octanol–water partition coefficient (Wildman–Crippen LogP) is 4.41. The van der Waals surface area contributed by atoms with E-state index < -0.39 is 0 Å². The highest BCUT2D eigenvalue weighted by Gasteiger charge is 2.32. The average Bonchev–Trinajstić information content (AvgIpc) is 3.27. The van der Waals surface area contributed by atoms with Crippen molar-refractivity contribution in [3.8, 4) is 11.4 Å². The highest BCUT2D eigenvalue weighted by atomic mass is 16.2. The summed E-state index contributed by atoms with van der Waals surface area (Å²) in [4.78, 5) is 21.9. The van der Waals surface area contributed by atoms with Crippen molar-refractivity contribution in [3.05, 3.63) is 66.2 Å². The molecule has 1 saturated carbocycles. The van der Waals surface area contributed by atoms with Gasteiger partial charge in [0.1, 0.15) is 5.82 Å². The van der Waals surface area contributed by atoms with Gasteiger partial charge in [-0.1, -0.05) is 49.6 Å². The lowest BCUT2D eigenvalue weighted by Gasteiger charge is -2.30. The standard InChI is InChI=1S/C23H27N5O/c1-16(21-26-22(28-27-21)19-12-14-24-15-13-19)25-23(29)20(17-8-4-2-5-9-17)18-10-6-3-7-11-18/h2,4-5,8-9,12-16,18,20H,3,6-7,10-11H2,1H3,(H,25,29)(H,26,27,28)/t16-,20+/m0/s1. The van der Waals surface area contributed by atoms with Gasteiger partial charge in [0.25, 0.3) is 0 Å². The molecule has 4 rings (SSSR count). The maximum atomic E-state index is 13.3. The van der Waals surface area contributed by atoms with Crippen molar-refractivity contribution in [2.24, 2.45) is 5.92 Å². The Morgan fingerprint density at radius 3 is 2.52 bits per heavy atom. The normalized spacial score (nSPS) is 16.9. The van der Waals surface area contributed by atoms with Gasteiger partial charge >= 0.3 is 0 Å². The Morgan fingerprint density at radius 1 is 1.07 bits per heavy atom. The number of pyridine rings is 1. The first-order valence-electron chi connectivity index (χ1n) is 10.4. The molecule has 0 spiro atoms. The van der Waals surface area contributed by atoms with Gasteiger partial charge in [0.15, 0.2) is 5.82 Å². The van der Waals surface area contributed by atoms with Crippen LogP contribution in [0.4, 0.5) is 0 Å². The average molecular weight is 390 g/mol. The molecule has 2 aromatic heterocycles. The number of nitrogens with zero attached hydrogens (tertiary/aromatic N) is 3. The van der Waals surface area contributed by atoms with Crippen molar-refractivity contribution in [3.63, 3.8) is 0 Å². The zero-order valence-corrected chi connectivity index (χ0v) is 16.7. The van der Waals surface area contributed by atoms with E-state index in [1.807, 2.05) is 37.3 Å². The summed E-state index contributed by atoms with van der Waals surface area (Å²) in [5, 5.41) is 10.4. The van der Waals surface area contributed by atoms with Gasteiger partial charge in [-0.05, 0) is 43.4 Å².